The smallest absolute Gasteiger partial charge is 0.176 e. The van der Waals surface area contributed by atoms with Crippen LogP contribution in [-0.2, 0) is 13.1 Å². The van der Waals surface area contributed by atoms with Gasteiger partial charge in [0.15, 0.2) is 10.9 Å². The molecular weight excluding hydrogens is 511 g/mol. The lowest BCUT2D eigenvalue weighted by molar-refractivity contribution is 0.659. The summed E-state index contributed by atoms with van der Waals surface area (Å²) in [6, 6.07) is 15.3. The van der Waals surface area contributed by atoms with Gasteiger partial charge in [0.1, 0.15) is 0 Å². The summed E-state index contributed by atoms with van der Waals surface area (Å²) in [7, 11) is 0. The Morgan fingerprint density at radius 1 is 0.824 bits per heavy atom. The molecule has 0 aliphatic heterocycles. The van der Waals surface area contributed by atoms with Gasteiger partial charge in [0.2, 0.25) is 0 Å². The normalized spacial score (nSPS) is 11.0. The number of aromatic nitrogens is 4. The highest BCUT2D eigenvalue weighted by Gasteiger charge is 2.15. The Kier molecular flexibility index (Phi) is 7.48. The zero-order chi connectivity index (χ0) is 24.4. The summed E-state index contributed by atoms with van der Waals surface area (Å²) >= 11 is 23.7. The molecule has 4 aromatic rings. The van der Waals surface area contributed by atoms with Gasteiger partial charge in [0.05, 0.1) is 40.2 Å². The highest BCUT2D eigenvalue weighted by molar-refractivity contribution is 7.80. The molecule has 2 heterocycles. The fourth-order valence-corrected chi connectivity index (χ4v) is 4.25. The van der Waals surface area contributed by atoms with Gasteiger partial charge in [-0.15, -0.1) is 0 Å². The van der Waals surface area contributed by atoms with Gasteiger partial charge in [0, 0.05) is 16.8 Å². The number of rotatable bonds is 6. The predicted molar refractivity (Wildman–Crippen MR) is 145 cm³/mol. The van der Waals surface area contributed by atoms with Crippen LogP contribution in [0.5, 0.6) is 0 Å². The summed E-state index contributed by atoms with van der Waals surface area (Å²) in [4.78, 5) is 0. The summed E-state index contributed by atoms with van der Waals surface area (Å²) in [6.45, 7) is 7.15. The average molecular weight is 534 g/mol. The van der Waals surface area contributed by atoms with Crippen molar-refractivity contribution in [2.75, 3.05) is 10.6 Å². The summed E-state index contributed by atoms with van der Waals surface area (Å²) in [5.41, 5.74) is 5.79. The lowest BCUT2D eigenvalue weighted by Crippen LogP contribution is -2.20. The monoisotopic (exact) mass is 532 g/mol. The van der Waals surface area contributed by atoms with Crippen molar-refractivity contribution in [2.45, 2.75) is 33.9 Å². The Morgan fingerprint density at radius 3 is 2.21 bits per heavy atom. The summed E-state index contributed by atoms with van der Waals surface area (Å²) in [5, 5.41) is 17.9. The van der Waals surface area contributed by atoms with Crippen LogP contribution in [0.3, 0.4) is 0 Å². The maximum atomic E-state index is 6.15. The molecule has 0 aliphatic carbocycles. The molecule has 6 nitrogen and oxygen atoms in total. The van der Waals surface area contributed by atoms with Gasteiger partial charge in [-0.05, 0) is 68.4 Å². The second-order valence-corrected chi connectivity index (χ2v) is 9.65. The van der Waals surface area contributed by atoms with E-state index in [4.69, 9.17) is 47.0 Å². The van der Waals surface area contributed by atoms with E-state index in [-0.39, 0.29) is 0 Å². The third kappa shape index (κ3) is 5.73. The van der Waals surface area contributed by atoms with Crippen LogP contribution >= 0.6 is 47.0 Å². The predicted octanol–water partition coefficient (Wildman–Crippen LogP) is 6.87. The number of thiocarbonyl (C=S) groups is 1. The molecule has 0 amide bonds. The topological polar surface area (TPSA) is 59.7 Å². The average Bonchev–Trinajstić information content (AvgIpc) is 3.25. The van der Waals surface area contributed by atoms with E-state index < -0.39 is 0 Å². The summed E-state index contributed by atoms with van der Waals surface area (Å²) < 4.78 is 3.82. The molecule has 2 N–H and O–H groups in total. The Hall–Kier alpha value is -2.58. The summed E-state index contributed by atoms with van der Waals surface area (Å²) in [6.07, 6.45) is 0. The molecule has 0 unspecified atom stereocenters. The van der Waals surface area contributed by atoms with Crippen molar-refractivity contribution in [3.63, 3.8) is 0 Å². The van der Waals surface area contributed by atoms with E-state index >= 15 is 0 Å². The second-order valence-electron chi connectivity index (χ2n) is 7.99. The van der Waals surface area contributed by atoms with Crippen molar-refractivity contribution in [1.82, 2.24) is 19.6 Å². The van der Waals surface area contributed by atoms with Gasteiger partial charge in [0.25, 0.3) is 0 Å². The molecule has 4 rings (SSSR count). The molecule has 0 saturated heterocycles. The first-order valence-corrected chi connectivity index (χ1v) is 12.1. The molecule has 0 aliphatic rings. The van der Waals surface area contributed by atoms with E-state index in [9.17, 15) is 0 Å². The van der Waals surface area contributed by atoms with Crippen LogP contribution in [0.15, 0.2) is 48.5 Å². The molecule has 34 heavy (non-hydrogen) atoms. The highest BCUT2D eigenvalue weighted by Crippen LogP contribution is 2.25. The van der Waals surface area contributed by atoms with Gasteiger partial charge in [-0.3, -0.25) is 9.36 Å². The quantitative estimate of drug-likeness (QED) is 0.265. The van der Waals surface area contributed by atoms with E-state index in [0.717, 1.165) is 33.9 Å². The highest BCUT2D eigenvalue weighted by atomic mass is 35.5. The van der Waals surface area contributed by atoms with Crippen molar-refractivity contribution in [1.29, 1.82) is 0 Å². The molecule has 2 aromatic heterocycles. The van der Waals surface area contributed by atoms with E-state index in [1.165, 1.54) is 0 Å². The first-order chi connectivity index (χ1) is 16.2. The van der Waals surface area contributed by atoms with Gasteiger partial charge in [-0.1, -0.05) is 53.0 Å². The van der Waals surface area contributed by atoms with Crippen molar-refractivity contribution >= 4 is 63.6 Å². The molecule has 0 saturated carbocycles. The molecular formula is C24H23Cl3N6S. The van der Waals surface area contributed by atoms with Crippen molar-refractivity contribution < 1.29 is 0 Å². The molecule has 10 heteroatoms. The lowest BCUT2D eigenvalue weighted by Gasteiger charge is -2.10. The first-order valence-electron chi connectivity index (χ1n) is 10.5. The molecule has 0 radical (unpaired) electrons. The number of halogens is 3. The van der Waals surface area contributed by atoms with Gasteiger partial charge in [-0.2, -0.15) is 10.2 Å². The number of nitrogens with one attached hydrogen (secondary N) is 2. The van der Waals surface area contributed by atoms with Gasteiger partial charge < -0.3 is 10.6 Å². The molecule has 2 aromatic carbocycles. The zero-order valence-corrected chi connectivity index (χ0v) is 21.9. The molecule has 0 spiro atoms. The Labute approximate surface area is 218 Å². The van der Waals surface area contributed by atoms with Crippen LogP contribution in [0.2, 0.25) is 15.1 Å². The van der Waals surface area contributed by atoms with Crippen LogP contribution < -0.4 is 10.6 Å². The van der Waals surface area contributed by atoms with E-state index in [1.807, 2.05) is 72.6 Å². The largest absolute Gasteiger partial charge is 0.329 e. The lowest BCUT2D eigenvalue weighted by atomic mass is 10.2. The fourth-order valence-electron chi connectivity index (χ4n) is 3.60. The maximum absolute atomic E-state index is 6.15. The zero-order valence-electron chi connectivity index (χ0n) is 18.9. The van der Waals surface area contributed by atoms with Gasteiger partial charge >= 0.3 is 0 Å². The molecule has 0 atom stereocenters. The third-order valence-electron chi connectivity index (χ3n) is 5.40. The number of aryl methyl sites for hydroxylation is 2. The summed E-state index contributed by atoms with van der Waals surface area (Å²) in [5.74, 6) is 0.669. The van der Waals surface area contributed by atoms with Gasteiger partial charge in [-0.25, -0.2) is 0 Å². The number of anilines is 2. The van der Waals surface area contributed by atoms with Crippen LogP contribution in [0, 0.1) is 20.8 Å². The molecule has 0 fully saturated rings. The first kappa shape index (κ1) is 24.5. The standard InChI is InChI=1S/C24H23Cl3N6S/c1-14-10-22(31-32(14)12-17-4-7-19(25)8-5-17)28-24(34)29-23-15(2)30-33(16(23)3)13-18-6-9-20(26)21(27)11-18/h4-11H,12-13H2,1-3H3,(H2,28,29,31,34). The minimum Gasteiger partial charge on any atom is -0.329 e. The Balaban J connectivity index is 1.43. The van der Waals surface area contributed by atoms with E-state index in [2.05, 4.69) is 20.8 Å². The Bertz CT molecular complexity index is 1340. The second kappa shape index (κ2) is 10.4. The maximum Gasteiger partial charge on any atom is 0.176 e. The van der Waals surface area contributed by atoms with Crippen LogP contribution in [-0.4, -0.2) is 24.7 Å². The number of hydrogen-bond acceptors (Lipinski definition) is 3. The van der Waals surface area contributed by atoms with Crippen LogP contribution in [0.1, 0.15) is 28.2 Å². The van der Waals surface area contributed by atoms with Crippen LogP contribution in [0.25, 0.3) is 0 Å². The number of nitrogens with zero attached hydrogens (tertiary/aromatic N) is 4. The van der Waals surface area contributed by atoms with Crippen molar-refractivity contribution in [3.05, 3.63) is 91.8 Å². The van der Waals surface area contributed by atoms with Crippen molar-refractivity contribution in [3.8, 4) is 0 Å². The molecule has 176 valence electrons. The molecule has 0 bridgehead atoms. The third-order valence-corrected chi connectivity index (χ3v) is 6.60. The Morgan fingerprint density at radius 2 is 1.50 bits per heavy atom. The van der Waals surface area contributed by atoms with E-state index in [1.54, 1.807) is 6.07 Å². The number of hydrogen-bond donors (Lipinski definition) is 2. The minimum atomic E-state index is 0.441. The van der Waals surface area contributed by atoms with E-state index in [0.29, 0.717) is 39.1 Å². The van der Waals surface area contributed by atoms with Crippen LogP contribution in [0.4, 0.5) is 11.5 Å². The minimum absolute atomic E-state index is 0.441. The van der Waals surface area contributed by atoms with Crippen molar-refractivity contribution in [2.24, 2.45) is 0 Å². The SMILES string of the molecule is Cc1nn(Cc2ccc(Cl)c(Cl)c2)c(C)c1NC(=S)Nc1cc(C)n(Cc2ccc(Cl)cc2)n1. The number of benzene rings is 2. The fraction of sp³-hybridized carbons (Fsp3) is 0.208.